The largest absolute Gasteiger partial charge is 0.271 e. The van der Waals surface area contributed by atoms with Crippen LogP contribution in [0.4, 0.5) is 0 Å². The molecule has 3 rings (SSSR count). The fraction of sp³-hybridized carbons (Fsp3) is 0.231. The lowest BCUT2D eigenvalue weighted by molar-refractivity contribution is 0.761. The molecule has 0 spiro atoms. The van der Waals surface area contributed by atoms with Gasteiger partial charge in [0, 0.05) is 12.1 Å². The maximum Gasteiger partial charge on any atom is 0.165 e. The predicted octanol–water partition coefficient (Wildman–Crippen LogP) is 4.26. The molecule has 5 heteroatoms. The normalized spacial score (nSPS) is 11.6. The molecule has 0 aliphatic heterocycles. The van der Waals surface area contributed by atoms with Crippen LogP contribution >= 0.6 is 22.9 Å². The monoisotopic (exact) mass is 277 g/mol. The van der Waals surface area contributed by atoms with Crippen molar-refractivity contribution in [2.45, 2.75) is 19.8 Å². The summed E-state index contributed by atoms with van der Waals surface area (Å²) in [6.07, 6.45) is 1.79. The Bertz CT molecular complexity index is 699. The molecule has 3 heterocycles. The number of halogens is 1. The lowest BCUT2D eigenvalue weighted by Gasteiger charge is -2.08. The van der Waals surface area contributed by atoms with Crippen molar-refractivity contribution in [1.82, 2.24) is 14.5 Å². The molecule has 0 amide bonds. The second kappa shape index (κ2) is 4.37. The van der Waals surface area contributed by atoms with Crippen molar-refractivity contribution >= 4 is 34.1 Å². The Morgan fingerprint density at radius 1 is 1.28 bits per heavy atom. The maximum atomic E-state index is 6.02. The van der Waals surface area contributed by atoms with Crippen molar-refractivity contribution < 1.29 is 0 Å². The molecule has 0 saturated heterocycles. The standard InChI is InChI=1S/C13H12ClN3S/c1-8(2)12-16-9-4-3-7-15-13(9)17(12)11-6-5-10(14)18-11/h3-8H,1-2H3. The van der Waals surface area contributed by atoms with E-state index in [-0.39, 0.29) is 0 Å². The SMILES string of the molecule is CC(C)c1nc2cccnc2n1-c1ccc(Cl)s1. The average Bonchev–Trinajstić information content (AvgIpc) is 2.92. The average molecular weight is 278 g/mol. The first-order chi connectivity index (χ1) is 8.66. The summed E-state index contributed by atoms with van der Waals surface area (Å²) in [5.74, 6) is 1.35. The number of hydrogen-bond donors (Lipinski definition) is 0. The van der Waals surface area contributed by atoms with Gasteiger partial charge in [0.1, 0.15) is 16.3 Å². The first kappa shape index (κ1) is 11.7. The molecule has 0 aromatic carbocycles. The summed E-state index contributed by atoms with van der Waals surface area (Å²) >= 11 is 7.57. The van der Waals surface area contributed by atoms with Crippen LogP contribution in [0.3, 0.4) is 0 Å². The van der Waals surface area contributed by atoms with E-state index in [2.05, 4.69) is 28.4 Å². The van der Waals surface area contributed by atoms with Gasteiger partial charge in [-0.05, 0) is 24.3 Å². The maximum absolute atomic E-state index is 6.02. The van der Waals surface area contributed by atoms with Crippen LogP contribution in [0.15, 0.2) is 30.5 Å². The summed E-state index contributed by atoms with van der Waals surface area (Å²) in [4.78, 5) is 9.10. The Balaban J connectivity index is 2.34. The number of hydrogen-bond acceptors (Lipinski definition) is 3. The molecule has 3 nitrogen and oxygen atoms in total. The molecular weight excluding hydrogens is 266 g/mol. The highest BCUT2D eigenvalue weighted by Gasteiger charge is 2.16. The third-order valence-electron chi connectivity index (χ3n) is 2.74. The van der Waals surface area contributed by atoms with Gasteiger partial charge in [0.15, 0.2) is 5.65 Å². The van der Waals surface area contributed by atoms with E-state index in [4.69, 9.17) is 11.6 Å². The van der Waals surface area contributed by atoms with E-state index in [1.54, 1.807) is 17.5 Å². The summed E-state index contributed by atoms with van der Waals surface area (Å²) in [5, 5.41) is 1.06. The molecule has 0 N–H and O–H groups in total. The highest BCUT2D eigenvalue weighted by Crippen LogP contribution is 2.30. The van der Waals surface area contributed by atoms with Gasteiger partial charge < -0.3 is 0 Å². The molecule has 3 aromatic heterocycles. The van der Waals surface area contributed by atoms with E-state index in [0.29, 0.717) is 5.92 Å². The molecule has 0 aliphatic rings. The van der Waals surface area contributed by atoms with Crippen molar-refractivity contribution in [3.8, 4) is 5.00 Å². The highest BCUT2D eigenvalue weighted by molar-refractivity contribution is 7.18. The third-order valence-corrected chi connectivity index (χ3v) is 3.95. The third kappa shape index (κ3) is 1.82. The Morgan fingerprint density at radius 2 is 2.11 bits per heavy atom. The second-order valence-corrected chi connectivity index (χ2v) is 6.08. The van der Waals surface area contributed by atoms with Crippen LogP contribution in [0, 0.1) is 0 Å². The molecule has 0 radical (unpaired) electrons. The lowest BCUT2D eigenvalue weighted by Crippen LogP contribution is -2.01. The van der Waals surface area contributed by atoms with E-state index < -0.39 is 0 Å². The van der Waals surface area contributed by atoms with E-state index >= 15 is 0 Å². The van der Waals surface area contributed by atoms with Crippen LogP contribution in [0.1, 0.15) is 25.6 Å². The van der Waals surface area contributed by atoms with Crippen LogP contribution < -0.4 is 0 Å². The fourth-order valence-electron chi connectivity index (χ4n) is 1.96. The van der Waals surface area contributed by atoms with Gasteiger partial charge in [0.05, 0.1) is 4.34 Å². The zero-order valence-corrected chi connectivity index (χ0v) is 11.7. The van der Waals surface area contributed by atoms with Crippen molar-refractivity contribution in [3.63, 3.8) is 0 Å². The van der Waals surface area contributed by atoms with Crippen LogP contribution in [-0.2, 0) is 0 Å². The molecule has 0 aliphatic carbocycles. The minimum atomic E-state index is 0.333. The smallest absolute Gasteiger partial charge is 0.165 e. The topological polar surface area (TPSA) is 30.7 Å². The van der Waals surface area contributed by atoms with Gasteiger partial charge >= 0.3 is 0 Å². The van der Waals surface area contributed by atoms with Gasteiger partial charge in [0.2, 0.25) is 0 Å². The van der Waals surface area contributed by atoms with Crippen molar-refractivity contribution in [1.29, 1.82) is 0 Å². The fourth-order valence-corrected chi connectivity index (χ4v) is 3.00. The number of thiophene rings is 1. The summed E-state index contributed by atoms with van der Waals surface area (Å²) in [6.45, 7) is 4.26. The van der Waals surface area contributed by atoms with Gasteiger partial charge in [-0.3, -0.25) is 4.57 Å². The first-order valence-electron chi connectivity index (χ1n) is 5.76. The summed E-state index contributed by atoms with van der Waals surface area (Å²) in [6, 6.07) is 7.81. The van der Waals surface area contributed by atoms with Gasteiger partial charge in [-0.1, -0.05) is 25.4 Å². The van der Waals surface area contributed by atoms with Crippen LogP contribution in [-0.4, -0.2) is 14.5 Å². The molecular formula is C13H12ClN3S. The van der Waals surface area contributed by atoms with Gasteiger partial charge in [0.25, 0.3) is 0 Å². The summed E-state index contributed by atoms with van der Waals surface area (Å²) in [5.41, 5.74) is 1.81. The molecule has 0 saturated carbocycles. The summed E-state index contributed by atoms with van der Waals surface area (Å²) in [7, 11) is 0. The van der Waals surface area contributed by atoms with Crippen molar-refractivity contribution in [2.75, 3.05) is 0 Å². The molecule has 0 bridgehead atoms. The number of pyridine rings is 1. The molecule has 18 heavy (non-hydrogen) atoms. The van der Waals surface area contributed by atoms with Crippen molar-refractivity contribution in [2.24, 2.45) is 0 Å². The van der Waals surface area contributed by atoms with Crippen LogP contribution in [0.25, 0.3) is 16.2 Å². The van der Waals surface area contributed by atoms with E-state index in [9.17, 15) is 0 Å². The molecule has 0 fully saturated rings. The molecule has 92 valence electrons. The Kier molecular flexibility index (Phi) is 2.84. The zero-order chi connectivity index (χ0) is 12.7. The van der Waals surface area contributed by atoms with E-state index in [1.807, 2.05) is 24.3 Å². The van der Waals surface area contributed by atoms with Gasteiger partial charge in [-0.2, -0.15) is 0 Å². The highest BCUT2D eigenvalue weighted by atomic mass is 35.5. The minimum Gasteiger partial charge on any atom is -0.271 e. The second-order valence-electron chi connectivity index (χ2n) is 4.38. The number of aromatic nitrogens is 3. The Labute approximate surface area is 114 Å². The van der Waals surface area contributed by atoms with Gasteiger partial charge in [-0.25, -0.2) is 9.97 Å². The molecule has 0 atom stereocenters. The molecule has 0 unspecified atom stereocenters. The number of imidazole rings is 1. The Hall–Kier alpha value is -1.39. The Morgan fingerprint density at radius 3 is 2.78 bits per heavy atom. The van der Waals surface area contributed by atoms with Crippen LogP contribution in [0.5, 0.6) is 0 Å². The lowest BCUT2D eigenvalue weighted by atomic mass is 10.2. The first-order valence-corrected chi connectivity index (χ1v) is 6.95. The number of fused-ring (bicyclic) bond motifs is 1. The van der Waals surface area contributed by atoms with E-state index in [1.165, 1.54) is 0 Å². The zero-order valence-electron chi connectivity index (χ0n) is 10.1. The number of rotatable bonds is 2. The van der Waals surface area contributed by atoms with Crippen LogP contribution in [0.2, 0.25) is 4.34 Å². The van der Waals surface area contributed by atoms with Crippen molar-refractivity contribution in [3.05, 3.63) is 40.6 Å². The molecule has 3 aromatic rings. The predicted molar refractivity (Wildman–Crippen MR) is 75.8 cm³/mol. The quantitative estimate of drug-likeness (QED) is 0.701. The minimum absolute atomic E-state index is 0.333. The summed E-state index contributed by atoms with van der Waals surface area (Å²) < 4.78 is 2.87. The van der Waals surface area contributed by atoms with Gasteiger partial charge in [-0.15, -0.1) is 11.3 Å². The number of nitrogens with zero attached hydrogens (tertiary/aromatic N) is 3. The van der Waals surface area contributed by atoms with E-state index in [0.717, 1.165) is 26.3 Å².